The minimum Gasteiger partial charge on any atom is -0.550 e. The number of hydrogen-bond acceptors (Lipinski definition) is 3. The zero-order valence-electron chi connectivity index (χ0n) is 15.5. The van der Waals surface area contributed by atoms with Crippen LogP contribution in [0, 0.1) is 0 Å². The molecule has 0 bridgehead atoms. The first-order valence-corrected chi connectivity index (χ1v) is 8.88. The summed E-state index contributed by atoms with van der Waals surface area (Å²) < 4.78 is 0. The first-order valence-electron chi connectivity index (χ1n) is 8.88. The quantitative estimate of drug-likeness (QED) is 0.252. The molecular weight excluding hydrogens is 331 g/mol. The van der Waals surface area contributed by atoms with Crippen LogP contribution in [-0.4, -0.2) is 17.7 Å². The van der Waals surface area contributed by atoms with Crippen molar-refractivity contribution in [3.05, 3.63) is 24.3 Å². The van der Waals surface area contributed by atoms with E-state index in [4.69, 9.17) is 5.11 Å². The normalized spacial score (nSPS) is 10.7. The predicted octanol–water partition coefficient (Wildman–Crippen LogP) is 1.03. The number of rotatable bonds is 16. The molecule has 0 aromatic carbocycles. The van der Waals surface area contributed by atoms with Crippen LogP contribution >= 0.6 is 13.5 Å². The number of carboxylic acids is 1. The van der Waals surface area contributed by atoms with Crippen molar-refractivity contribution in [2.24, 2.45) is 0 Å². The van der Waals surface area contributed by atoms with Crippen LogP contribution in [0.5, 0.6) is 0 Å². The maximum Gasteiger partial charge on any atom is 1.00 e. The third kappa shape index (κ3) is 27.1. The molecule has 0 saturated heterocycles. The summed E-state index contributed by atoms with van der Waals surface area (Å²) in [4.78, 5) is 10.2. The number of unbranched alkanes of at least 4 members (excludes halogenated alkanes) is 9. The van der Waals surface area contributed by atoms with E-state index >= 15 is 0 Å². The van der Waals surface area contributed by atoms with Crippen molar-refractivity contribution in [1.29, 1.82) is 0 Å². The molecule has 136 valence electrons. The van der Waals surface area contributed by atoms with Crippen molar-refractivity contribution >= 4 is 19.5 Å². The average Bonchev–Trinajstić information content (AvgIpc) is 2.50. The molecule has 0 aliphatic rings. The fourth-order valence-electron chi connectivity index (χ4n) is 2.26. The Morgan fingerprint density at radius 2 is 1.08 bits per heavy atom. The summed E-state index contributed by atoms with van der Waals surface area (Å²) in [6, 6.07) is 0. The van der Waals surface area contributed by atoms with Crippen LogP contribution in [0.2, 0.25) is 0 Å². The van der Waals surface area contributed by atoms with Crippen LogP contribution in [0.1, 0.15) is 83.5 Å². The molecule has 0 saturated carbocycles. The van der Waals surface area contributed by atoms with E-state index in [0.717, 1.165) is 32.1 Å². The van der Waals surface area contributed by atoms with Gasteiger partial charge in [0.1, 0.15) is 0 Å². The maximum atomic E-state index is 10.2. The molecule has 0 aromatic rings. The first-order chi connectivity index (χ1) is 10.8. The first kappa shape index (κ1) is 29.0. The van der Waals surface area contributed by atoms with E-state index < -0.39 is 5.97 Å². The molecular formula is C19H35NaO3S. The summed E-state index contributed by atoms with van der Waals surface area (Å²) in [5.41, 5.74) is 0. The van der Waals surface area contributed by atoms with Gasteiger partial charge in [0.25, 0.3) is 0 Å². The molecule has 5 heteroatoms. The summed E-state index contributed by atoms with van der Waals surface area (Å²) in [7, 11) is 0. The predicted molar refractivity (Wildman–Crippen MR) is 101 cm³/mol. The molecule has 0 heterocycles. The third-order valence-electron chi connectivity index (χ3n) is 3.61. The van der Waals surface area contributed by atoms with Crippen molar-refractivity contribution in [2.75, 3.05) is 6.61 Å². The Kier molecular flexibility index (Phi) is 30.9. The Bertz CT molecular complexity index is 307. The van der Waals surface area contributed by atoms with Crippen molar-refractivity contribution in [2.45, 2.75) is 83.5 Å². The molecule has 0 radical (unpaired) electrons. The number of aliphatic carboxylic acids is 1. The molecule has 0 amide bonds. The summed E-state index contributed by atoms with van der Waals surface area (Å²) in [6.45, 7) is 0.308. The average molecular weight is 367 g/mol. The Morgan fingerprint density at radius 3 is 1.50 bits per heavy atom. The zero-order chi connectivity index (χ0) is 16.3. The molecule has 0 fully saturated rings. The van der Waals surface area contributed by atoms with Crippen LogP contribution in [0.25, 0.3) is 0 Å². The second kappa shape index (κ2) is 25.5. The van der Waals surface area contributed by atoms with Gasteiger partial charge in [0.15, 0.2) is 0 Å². The van der Waals surface area contributed by atoms with Gasteiger partial charge in [-0.2, -0.15) is 13.5 Å². The van der Waals surface area contributed by atoms with Crippen molar-refractivity contribution < 1.29 is 44.6 Å². The van der Waals surface area contributed by atoms with E-state index in [0.29, 0.717) is 13.0 Å². The molecule has 0 aliphatic heterocycles. The minimum atomic E-state index is -0.951. The zero-order valence-corrected chi connectivity index (χ0v) is 18.5. The van der Waals surface area contributed by atoms with E-state index in [2.05, 4.69) is 24.3 Å². The molecule has 0 rings (SSSR count). The van der Waals surface area contributed by atoms with Crippen LogP contribution in [-0.2, 0) is 4.79 Å². The fourth-order valence-corrected chi connectivity index (χ4v) is 2.26. The maximum absolute atomic E-state index is 10.2. The van der Waals surface area contributed by atoms with Crippen molar-refractivity contribution in [1.82, 2.24) is 0 Å². The van der Waals surface area contributed by atoms with Gasteiger partial charge in [0.05, 0.1) is 0 Å². The van der Waals surface area contributed by atoms with E-state index in [1.54, 1.807) is 0 Å². The van der Waals surface area contributed by atoms with Gasteiger partial charge in [-0.25, -0.2) is 0 Å². The third-order valence-corrected chi connectivity index (χ3v) is 3.61. The van der Waals surface area contributed by atoms with E-state index in [1.165, 1.54) is 38.5 Å². The monoisotopic (exact) mass is 366 g/mol. The van der Waals surface area contributed by atoms with Crippen LogP contribution in [0.15, 0.2) is 24.3 Å². The van der Waals surface area contributed by atoms with Gasteiger partial charge in [-0.15, -0.1) is 0 Å². The summed E-state index contributed by atoms with van der Waals surface area (Å²) in [5.74, 6) is -0.951. The number of aliphatic hydroxyl groups is 1. The number of aliphatic hydroxyl groups excluding tert-OH is 1. The van der Waals surface area contributed by atoms with Crippen LogP contribution in [0.3, 0.4) is 0 Å². The Balaban J connectivity index is -0.00000220. The smallest absolute Gasteiger partial charge is 0.550 e. The van der Waals surface area contributed by atoms with Gasteiger partial charge in [0, 0.05) is 12.6 Å². The topological polar surface area (TPSA) is 60.4 Å². The van der Waals surface area contributed by atoms with Crippen LogP contribution < -0.4 is 34.7 Å². The van der Waals surface area contributed by atoms with Gasteiger partial charge in [-0.05, 0) is 64.2 Å². The van der Waals surface area contributed by atoms with Crippen molar-refractivity contribution in [3.8, 4) is 0 Å². The van der Waals surface area contributed by atoms with Crippen LogP contribution in [0.4, 0.5) is 0 Å². The SMILES string of the molecule is O=C([O-])CCC/C=C\CCCCCCC/C=C\CCCCO.S.[Na+]. The number of hydrogen-bond donors (Lipinski definition) is 1. The Morgan fingerprint density at radius 1 is 0.708 bits per heavy atom. The van der Waals surface area contributed by atoms with E-state index in [-0.39, 0.29) is 49.5 Å². The number of carbonyl (C=O) groups is 1. The Labute approximate surface area is 177 Å². The molecule has 0 aromatic heterocycles. The van der Waals surface area contributed by atoms with E-state index in [1.807, 2.05) is 0 Å². The molecule has 0 atom stereocenters. The standard InChI is InChI=1S/C19H34O3.Na.H2S/c20-18-16-14-12-10-8-6-4-2-1-3-5-7-9-11-13-15-17-19(21)22;;/h8-11,20H,1-7,12-18H2,(H,21,22);;1H2/q;+1;/p-1/b10-8-,11-9-;;. The molecule has 0 unspecified atom stereocenters. The minimum absolute atomic E-state index is 0. The summed E-state index contributed by atoms with van der Waals surface area (Å²) in [6.07, 6.45) is 22.2. The summed E-state index contributed by atoms with van der Waals surface area (Å²) in [5, 5.41) is 18.9. The summed E-state index contributed by atoms with van der Waals surface area (Å²) >= 11 is 0. The second-order valence-corrected chi connectivity index (χ2v) is 5.77. The van der Waals surface area contributed by atoms with Gasteiger partial charge in [-0.1, -0.05) is 43.6 Å². The number of carbonyl (C=O) groups excluding carboxylic acids is 1. The number of carboxylic acid groups (broad SMARTS) is 1. The van der Waals surface area contributed by atoms with Gasteiger partial charge in [-0.3, -0.25) is 0 Å². The van der Waals surface area contributed by atoms with Gasteiger partial charge >= 0.3 is 29.6 Å². The van der Waals surface area contributed by atoms with Crippen molar-refractivity contribution in [3.63, 3.8) is 0 Å². The Hall–Kier alpha value is 0.260. The fraction of sp³-hybridized carbons (Fsp3) is 0.737. The number of allylic oxidation sites excluding steroid dienone is 4. The largest absolute Gasteiger partial charge is 1.00 e. The van der Waals surface area contributed by atoms with Gasteiger partial charge < -0.3 is 15.0 Å². The second-order valence-electron chi connectivity index (χ2n) is 5.77. The molecule has 0 aliphatic carbocycles. The molecule has 0 spiro atoms. The van der Waals surface area contributed by atoms with Gasteiger partial charge in [0.2, 0.25) is 0 Å². The molecule has 24 heavy (non-hydrogen) atoms. The van der Waals surface area contributed by atoms with E-state index in [9.17, 15) is 9.90 Å². The molecule has 1 N–H and O–H groups in total. The molecule has 3 nitrogen and oxygen atoms in total.